The van der Waals surface area contributed by atoms with Crippen LogP contribution in [0.25, 0.3) is 0 Å². The highest BCUT2D eigenvalue weighted by atomic mass is 15.0. The lowest BCUT2D eigenvalue weighted by atomic mass is 9.74. The zero-order valence-corrected chi connectivity index (χ0v) is 12.2. The zero-order chi connectivity index (χ0) is 13.9. The second-order valence-corrected chi connectivity index (χ2v) is 5.86. The van der Waals surface area contributed by atoms with Gasteiger partial charge in [-0.15, -0.1) is 0 Å². The molecule has 0 spiro atoms. The number of hydrogen-bond donors (Lipinski definition) is 1. The topological polar surface area (TPSA) is 24.9 Å². The van der Waals surface area contributed by atoms with Gasteiger partial charge in [0.05, 0.1) is 5.69 Å². The first-order chi connectivity index (χ1) is 9.74. The molecule has 104 valence electrons. The summed E-state index contributed by atoms with van der Waals surface area (Å²) in [5.74, 6) is 0.727. The molecule has 2 aromatic rings. The summed E-state index contributed by atoms with van der Waals surface area (Å²) in [6, 6.07) is 15.8. The average Bonchev–Trinajstić information content (AvgIpc) is 2.44. The fourth-order valence-electron chi connectivity index (χ4n) is 3.12. The fourth-order valence-corrected chi connectivity index (χ4v) is 3.12. The molecular weight excluding hydrogens is 244 g/mol. The standard InChI is InChI=1S/C18H22N2/c1-13-7-3-4-8-17(13)15-11-16(12-15)20-14(2)18-9-5-6-10-19-18/h3-10,14-16,20H,11-12H2,1-2H3/t14-,15?,16?/m1/s1. The molecule has 1 aliphatic rings. The number of hydrogen-bond acceptors (Lipinski definition) is 2. The van der Waals surface area contributed by atoms with E-state index >= 15 is 0 Å². The van der Waals surface area contributed by atoms with Crippen molar-refractivity contribution in [2.75, 3.05) is 0 Å². The van der Waals surface area contributed by atoms with Gasteiger partial charge < -0.3 is 5.32 Å². The Morgan fingerprint density at radius 1 is 1.10 bits per heavy atom. The Morgan fingerprint density at radius 3 is 2.55 bits per heavy atom. The third-order valence-corrected chi connectivity index (χ3v) is 4.38. The monoisotopic (exact) mass is 266 g/mol. The van der Waals surface area contributed by atoms with Crippen LogP contribution in [0.2, 0.25) is 0 Å². The summed E-state index contributed by atoms with van der Waals surface area (Å²) >= 11 is 0. The molecule has 1 aromatic heterocycles. The summed E-state index contributed by atoms with van der Waals surface area (Å²) in [5.41, 5.74) is 4.08. The van der Waals surface area contributed by atoms with Crippen molar-refractivity contribution >= 4 is 0 Å². The molecule has 2 nitrogen and oxygen atoms in total. The largest absolute Gasteiger partial charge is 0.306 e. The smallest absolute Gasteiger partial charge is 0.0570 e. The van der Waals surface area contributed by atoms with Crippen LogP contribution in [0.1, 0.15) is 48.5 Å². The van der Waals surface area contributed by atoms with E-state index in [-0.39, 0.29) is 0 Å². The molecule has 0 amide bonds. The van der Waals surface area contributed by atoms with Crippen molar-refractivity contribution in [2.24, 2.45) is 0 Å². The molecule has 1 heterocycles. The molecule has 1 aliphatic carbocycles. The molecule has 3 rings (SSSR count). The van der Waals surface area contributed by atoms with E-state index in [0.29, 0.717) is 12.1 Å². The fraction of sp³-hybridized carbons (Fsp3) is 0.389. The molecule has 20 heavy (non-hydrogen) atoms. The number of aromatic nitrogens is 1. The normalized spacial score (nSPS) is 23.1. The van der Waals surface area contributed by atoms with Gasteiger partial charge in [0, 0.05) is 18.3 Å². The Kier molecular flexibility index (Phi) is 3.83. The van der Waals surface area contributed by atoms with E-state index in [0.717, 1.165) is 11.6 Å². The van der Waals surface area contributed by atoms with Crippen LogP contribution < -0.4 is 5.32 Å². The van der Waals surface area contributed by atoms with Crippen LogP contribution in [0.4, 0.5) is 0 Å². The minimum atomic E-state index is 0.332. The van der Waals surface area contributed by atoms with Gasteiger partial charge in [-0.3, -0.25) is 4.98 Å². The van der Waals surface area contributed by atoms with Gasteiger partial charge in [0.25, 0.3) is 0 Å². The third-order valence-electron chi connectivity index (χ3n) is 4.38. The minimum Gasteiger partial charge on any atom is -0.306 e. The number of nitrogens with zero attached hydrogens (tertiary/aromatic N) is 1. The molecule has 1 aromatic carbocycles. The van der Waals surface area contributed by atoms with E-state index in [2.05, 4.69) is 60.5 Å². The lowest BCUT2D eigenvalue weighted by molar-refractivity contribution is 0.269. The molecule has 1 atom stereocenters. The van der Waals surface area contributed by atoms with Gasteiger partial charge in [0.2, 0.25) is 0 Å². The summed E-state index contributed by atoms with van der Waals surface area (Å²) in [6.45, 7) is 4.41. The molecular formula is C18H22N2. The second kappa shape index (κ2) is 5.76. The van der Waals surface area contributed by atoms with Crippen LogP contribution >= 0.6 is 0 Å². The van der Waals surface area contributed by atoms with Gasteiger partial charge >= 0.3 is 0 Å². The molecule has 0 radical (unpaired) electrons. The van der Waals surface area contributed by atoms with Crippen molar-refractivity contribution in [3.8, 4) is 0 Å². The van der Waals surface area contributed by atoms with Crippen molar-refractivity contribution in [1.82, 2.24) is 10.3 Å². The number of benzene rings is 1. The van der Waals surface area contributed by atoms with E-state index in [1.165, 1.54) is 24.0 Å². The van der Waals surface area contributed by atoms with E-state index in [9.17, 15) is 0 Å². The predicted molar refractivity (Wildman–Crippen MR) is 82.7 cm³/mol. The quantitative estimate of drug-likeness (QED) is 0.905. The highest BCUT2D eigenvalue weighted by molar-refractivity contribution is 5.31. The maximum Gasteiger partial charge on any atom is 0.0570 e. The maximum atomic E-state index is 4.42. The number of pyridine rings is 1. The van der Waals surface area contributed by atoms with Crippen LogP contribution in [0, 0.1) is 6.92 Å². The van der Waals surface area contributed by atoms with Crippen LogP contribution in [0.3, 0.4) is 0 Å². The van der Waals surface area contributed by atoms with Gasteiger partial charge in [0.15, 0.2) is 0 Å². The summed E-state index contributed by atoms with van der Waals surface area (Å²) in [4.78, 5) is 4.42. The summed E-state index contributed by atoms with van der Waals surface area (Å²) < 4.78 is 0. The SMILES string of the molecule is Cc1ccccc1C1CC(N[C@H](C)c2ccccn2)C1. The third kappa shape index (κ3) is 2.75. The Labute approximate surface area is 121 Å². The predicted octanol–water partition coefficient (Wildman–Crippen LogP) is 3.99. The summed E-state index contributed by atoms with van der Waals surface area (Å²) in [6.07, 6.45) is 4.34. The van der Waals surface area contributed by atoms with Crippen molar-refractivity contribution in [1.29, 1.82) is 0 Å². The zero-order valence-electron chi connectivity index (χ0n) is 12.2. The van der Waals surface area contributed by atoms with Crippen molar-refractivity contribution in [3.63, 3.8) is 0 Å². The van der Waals surface area contributed by atoms with Gasteiger partial charge in [-0.1, -0.05) is 30.3 Å². The van der Waals surface area contributed by atoms with E-state index in [1.807, 2.05) is 12.3 Å². The van der Waals surface area contributed by atoms with Crippen LogP contribution in [0.5, 0.6) is 0 Å². The first kappa shape index (κ1) is 13.3. The van der Waals surface area contributed by atoms with Gasteiger partial charge in [-0.25, -0.2) is 0 Å². The Hall–Kier alpha value is -1.67. The van der Waals surface area contributed by atoms with Crippen LogP contribution in [-0.2, 0) is 0 Å². The lowest BCUT2D eigenvalue weighted by Gasteiger charge is -2.38. The average molecular weight is 266 g/mol. The van der Waals surface area contributed by atoms with Crippen LogP contribution in [0.15, 0.2) is 48.7 Å². The highest BCUT2D eigenvalue weighted by Gasteiger charge is 2.31. The van der Waals surface area contributed by atoms with Crippen molar-refractivity contribution in [2.45, 2.75) is 44.7 Å². The summed E-state index contributed by atoms with van der Waals surface area (Å²) in [7, 11) is 0. The molecule has 0 aliphatic heterocycles. The molecule has 0 unspecified atom stereocenters. The first-order valence-corrected chi connectivity index (χ1v) is 7.46. The molecule has 1 saturated carbocycles. The molecule has 0 saturated heterocycles. The van der Waals surface area contributed by atoms with E-state index in [4.69, 9.17) is 0 Å². The molecule has 1 N–H and O–H groups in total. The Balaban J connectivity index is 1.55. The van der Waals surface area contributed by atoms with E-state index in [1.54, 1.807) is 0 Å². The highest BCUT2D eigenvalue weighted by Crippen LogP contribution is 2.39. The number of aryl methyl sites for hydroxylation is 1. The van der Waals surface area contributed by atoms with E-state index < -0.39 is 0 Å². The molecule has 1 fully saturated rings. The second-order valence-electron chi connectivity index (χ2n) is 5.86. The lowest BCUT2D eigenvalue weighted by Crippen LogP contribution is -2.41. The van der Waals surface area contributed by atoms with Gasteiger partial charge in [-0.2, -0.15) is 0 Å². The maximum absolute atomic E-state index is 4.42. The molecule has 0 bridgehead atoms. The van der Waals surface area contributed by atoms with Gasteiger partial charge in [0.1, 0.15) is 0 Å². The first-order valence-electron chi connectivity index (χ1n) is 7.46. The molecule has 2 heteroatoms. The van der Waals surface area contributed by atoms with Crippen molar-refractivity contribution < 1.29 is 0 Å². The van der Waals surface area contributed by atoms with Gasteiger partial charge in [-0.05, 0) is 55.9 Å². The number of rotatable bonds is 4. The number of nitrogens with one attached hydrogen (secondary N) is 1. The van der Waals surface area contributed by atoms with Crippen molar-refractivity contribution in [3.05, 3.63) is 65.5 Å². The Bertz CT molecular complexity index is 559. The Morgan fingerprint density at radius 2 is 1.85 bits per heavy atom. The van der Waals surface area contributed by atoms with Crippen LogP contribution in [-0.4, -0.2) is 11.0 Å². The minimum absolute atomic E-state index is 0.332. The summed E-state index contributed by atoms with van der Waals surface area (Å²) in [5, 5.41) is 3.69.